The Balaban J connectivity index is 1.94. The molecule has 0 aliphatic heterocycles. The standard InChI is InChI=1S/C16H17ClN2O2/c1-20-15-5-6-16(14(12-15)4-2-7-17)21-11-3-9-19-10-8-18-13-19/h5-6,8,10,12-13H,3,7,9,11H2,1H3. The molecule has 0 bridgehead atoms. The third-order valence-electron chi connectivity index (χ3n) is 2.85. The number of methoxy groups -OCH3 is 1. The number of alkyl halides is 1. The second-order valence-corrected chi connectivity index (χ2v) is 4.57. The van der Waals surface area contributed by atoms with Crippen molar-refractivity contribution < 1.29 is 9.47 Å². The second kappa shape index (κ2) is 8.23. The summed E-state index contributed by atoms with van der Waals surface area (Å²) in [4.78, 5) is 4.00. The first-order valence-electron chi connectivity index (χ1n) is 6.65. The Morgan fingerprint density at radius 1 is 1.38 bits per heavy atom. The van der Waals surface area contributed by atoms with Crippen molar-refractivity contribution >= 4 is 11.6 Å². The van der Waals surface area contributed by atoms with Gasteiger partial charge in [0.1, 0.15) is 11.5 Å². The number of imidazole rings is 1. The zero-order chi connectivity index (χ0) is 14.9. The molecule has 0 aliphatic rings. The summed E-state index contributed by atoms with van der Waals surface area (Å²) in [6.45, 7) is 1.49. The number of ether oxygens (including phenoxy) is 2. The summed E-state index contributed by atoms with van der Waals surface area (Å²) in [5.74, 6) is 7.61. The maximum absolute atomic E-state index is 5.80. The van der Waals surface area contributed by atoms with Gasteiger partial charge in [0, 0.05) is 18.9 Å². The maximum atomic E-state index is 5.80. The van der Waals surface area contributed by atoms with Gasteiger partial charge in [-0.2, -0.15) is 0 Å². The summed E-state index contributed by atoms with van der Waals surface area (Å²) in [5.41, 5.74) is 0.789. The Hall–Kier alpha value is -2.12. The van der Waals surface area contributed by atoms with Gasteiger partial charge in [0.05, 0.1) is 31.5 Å². The summed E-state index contributed by atoms with van der Waals surface area (Å²) in [6, 6.07) is 5.58. The lowest BCUT2D eigenvalue weighted by Crippen LogP contribution is -2.04. The molecule has 0 fully saturated rings. The normalized spacial score (nSPS) is 9.81. The lowest BCUT2D eigenvalue weighted by Gasteiger charge is -2.10. The summed E-state index contributed by atoms with van der Waals surface area (Å²) in [7, 11) is 1.62. The molecular weight excluding hydrogens is 288 g/mol. The van der Waals surface area contributed by atoms with Gasteiger partial charge in [0.2, 0.25) is 0 Å². The molecule has 0 amide bonds. The molecule has 0 N–H and O–H groups in total. The molecule has 4 nitrogen and oxygen atoms in total. The van der Waals surface area contributed by atoms with Gasteiger partial charge in [0.15, 0.2) is 0 Å². The molecule has 1 aromatic carbocycles. The Bertz CT molecular complexity index is 615. The molecule has 0 atom stereocenters. The number of rotatable bonds is 6. The fraction of sp³-hybridized carbons (Fsp3) is 0.312. The highest BCUT2D eigenvalue weighted by Crippen LogP contribution is 2.23. The zero-order valence-corrected chi connectivity index (χ0v) is 12.6. The highest BCUT2D eigenvalue weighted by atomic mass is 35.5. The van der Waals surface area contributed by atoms with Crippen LogP contribution in [0.4, 0.5) is 0 Å². The summed E-state index contributed by atoms with van der Waals surface area (Å²) in [5, 5.41) is 0. The number of hydrogen-bond acceptors (Lipinski definition) is 3. The molecule has 0 radical (unpaired) electrons. The monoisotopic (exact) mass is 304 g/mol. The summed E-state index contributed by atoms with van der Waals surface area (Å²) < 4.78 is 13.0. The van der Waals surface area contributed by atoms with Crippen molar-refractivity contribution in [3.8, 4) is 23.3 Å². The molecule has 0 saturated heterocycles. The van der Waals surface area contributed by atoms with Crippen molar-refractivity contribution in [2.75, 3.05) is 19.6 Å². The second-order valence-electron chi connectivity index (χ2n) is 4.30. The minimum atomic E-state index is 0.289. The van der Waals surface area contributed by atoms with E-state index >= 15 is 0 Å². The zero-order valence-electron chi connectivity index (χ0n) is 11.9. The van der Waals surface area contributed by atoms with Gasteiger partial charge in [0.25, 0.3) is 0 Å². The van der Waals surface area contributed by atoms with E-state index in [1.54, 1.807) is 19.6 Å². The van der Waals surface area contributed by atoms with Crippen molar-refractivity contribution in [2.24, 2.45) is 0 Å². The molecular formula is C16H17ClN2O2. The van der Waals surface area contributed by atoms with Gasteiger partial charge >= 0.3 is 0 Å². The SMILES string of the molecule is COc1ccc(OCCCn2ccnc2)c(C#CCCl)c1. The Morgan fingerprint density at radius 2 is 2.29 bits per heavy atom. The first-order valence-corrected chi connectivity index (χ1v) is 7.18. The van der Waals surface area contributed by atoms with Gasteiger partial charge in [-0.25, -0.2) is 4.98 Å². The van der Waals surface area contributed by atoms with E-state index in [2.05, 4.69) is 16.8 Å². The fourth-order valence-corrected chi connectivity index (χ4v) is 1.90. The Labute approximate surface area is 129 Å². The molecule has 110 valence electrons. The molecule has 0 spiro atoms. The van der Waals surface area contributed by atoms with E-state index in [4.69, 9.17) is 21.1 Å². The van der Waals surface area contributed by atoms with Crippen molar-refractivity contribution in [2.45, 2.75) is 13.0 Å². The van der Waals surface area contributed by atoms with Crippen LogP contribution in [-0.2, 0) is 6.54 Å². The first-order chi connectivity index (χ1) is 10.3. The first kappa shape index (κ1) is 15.3. The Kier molecular flexibility index (Phi) is 5.99. The minimum absolute atomic E-state index is 0.289. The van der Waals surface area contributed by atoms with Crippen molar-refractivity contribution in [1.29, 1.82) is 0 Å². The molecule has 0 saturated carbocycles. The van der Waals surface area contributed by atoms with E-state index in [0.717, 1.165) is 30.0 Å². The number of benzene rings is 1. The lowest BCUT2D eigenvalue weighted by molar-refractivity contribution is 0.300. The summed E-state index contributed by atoms with van der Waals surface area (Å²) in [6.07, 6.45) is 6.39. The predicted octanol–water partition coefficient (Wildman–Crippen LogP) is 2.95. The Morgan fingerprint density at radius 3 is 3.00 bits per heavy atom. The third kappa shape index (κ3) is 4.73. The van der Waals surface area contributed by atoms with Crippen molar-refractivity contribution in [3.63, 3.8) is 0 Å². The van der Waals surface area contributed by atoms with Crippen molar-refractivity contribution in [1.82, 2.24) is 9.55 Å². The number of aromatic nitrogens is 2. The van der Waals surface area contributed by atoms with E-state index < -0.39 is 0 Å². The van der Waals surface area contributed by atoms with Gasteiger partial charge < -0.3 is 14.0 Å². The fourth-order valence-electron chi connectivity index (χ4n) is 1.84. The summed E-state index contributed by atoms with van der Waals surface area (Å²) >= 11 is 5.61. The number of aryl methyl sites for hydroxylation is 1. The van der Waals surface area contributed by atoms with Gasteiger partial charge in [-0.3, -0.25) is 0 Å². The molecule has 21 heavy (non-hydrogen) atoms. The highest BCUT2D eigenvalue weighted by molar-refractivity contribution is 6.19. The molecule has 1 aromatic heterocycles. The van der Waals surface area contributed by atoms with Crippen LogP contribution >= 0.6 is 11.6 Å². The highest BCUT2D eigenvalue weighted by Gasteiger charge is 2.04. The van der Waals surface area contributed by atoms with Crippen LogP contribution < -0.4 is 9.47 Å². The molecule has 1 heterocycles. The molecule has 2 rings (SSSR count). The minimum Gasteiger partial charge on any atom is -0.497 e. The van der Waals surface area contributed by atoms with Crippen LogP contribution in [0.15, 0.2) is 36.9 Å². The molecule has 5 heteroatoms. The van der Waals surface area contributed by atoms with E-state index in [1.165, 1.54) is 0 Å². The number of nitrogens with zero attached hydrogens (tertiary/aromatic N) is 2. The average molecular weight is 305 g/mol. The molecule has 0 aliphatic carbocycles. The number of halogens is 1. The largest absolute Gasteiger partial charge is 0.497 e. The van der Waals surface area contributed by atoms with Gasteiger partial charge in [-0.05, 0) is 24.6 Å². The van der Waals surface area contributed by atoms with E-state index in [-0.39, 0.29) is 5.88 Å². The van der Waals surface area contributed by atoms with E-state index in [1.807, 2.05) is 29.0 Å². The quantitative estimate of drug-likeness (QED) is 0.468. The maximum Gasteiger partial charge on any atom is 0.135 e. The smallest absolute Gasteiger partial charge is 0.135 e. The average Bonchev–Trinajstić information content (AvgIpc) is 3.03. The molecule has 0 unspecified atom stereocenters. The topological polar surface area (TPSA) is 36.3 Å². The van der Waals surface area contributed by atoms with E-state index in [9.17, 15) is 0 Å². The van der Waals surface area contributed by atoms with Crippen LogP contribution in [0.25, 0.3) is 0 Å². The van der Waals surface area contributed by atoms with Gasteiger partial charge in [-0.1, -0.05) is 11.8 Å². The third-order valence-corrected chi connectivity index (χ3v) is 2.99. The van der Waals surface area contributed by atoms with Crippen LogP contribution in [0.2, 0.25) is 0 Å². The number of hydrogen-bond donors (Lipinski definition) is 0. The van der Waals surface area contributed by atoms with Crippen LogP contribution in [0.1, 0.15) is 12.0 Å². The van der Waals surface area contributed by atoms with Crippen LogP contribution in [-0.4, -0.2) is 29.1 Å². The van der Waals surface area contributed by atoms with Crippen molar-refractivity contribution in [3.05, 3.63) is 42.5 Å². The van der Waals surface area contributed by atoms with E-state index in [0.29, 0.717) is 6.61 Å². The van der Waals surface area contributed by atoms with Crippen LogP contribution in [0.5, 0.6) is 11.5 Å². The van der Waals surface area contributed by atoms with Crippen LogP contribution in [0, 0.1) is 11.8 Å². The lowest BCUT2D eigenvalue weighted by atomic mass is 10.2. The van der Waals surface area contributed by atoms with Gasteiger partial charge in [-0.15, -0.1) is 11.6 Å². The predicted molar refractivity (Wildman–Crippen MR) is 82.9 cm³/mol. The molecule has 2 aromatic rings. The van der Waals surface area contributed by atoms with Crippen LogP contribution in [0.3, 0.4) is 0 Å².